The van der Waals surface area contributed by atoms with Gasteiger partial charge in [0.15, 0.2) is 0 Å². The van der Waals surface area contributed by atoms with Gasteiger partial charge in [0.05, 0.1) is 13.0 Å². The van der Waals surface area contributed by atoms with Crippen molar-refractivity contribution >= 4 is 21.9 Å². The minimum Gasteiger partial charge on any atom is -0.481 e. The first-order valence-corrected chi connectivity index (χ1v) is 6.09. The van der Waals surface area contributed by atoms with E-state index < -0.39 is 5.97 Å². The Morgan fingerprint density at radius 1 is 1.44 bits per heavy atom. The SMILES string of the molecule is O=C(O)Cc1c[nH]n(Cc2cccc(Br)c2)c1=O. The fourth-order valence-corrected chi connectivity index (χ4v) is 2.12. The summed E-state index contributed by atoms with van der Waals surface area (Å²) in [5.41, 5.74) is 0.921. The Morgan fingerprint density at radius 2 is 2.22 bits per heavy atom. The topological polar surface area (TPSA) is 75.1 Å². The van der Waals surface area contributed by atoms with Crippen LogP contribution in [0.15, 0.2) is 39.7 Å². The Kier molecular flexibility index (Phi) is 3.66. The third-order valence-electron chi connectivity index (χ3n) is 2.49. The number of benzene rings is 1. The molecule has 0 aliphatic heterocycles. The molecule has 1 heterocycles. The van der Waals surface area contributed by atoms with E-state index in [0.717, 1.165) is 10.0 Å². The lowest BCUT2D eigenvalue weighted by Gasteiger charge is -2.02. The standard InChI is InChI=1S/C12H11BrN2O3/c13-10-3-1-2-8(4-10)7-15-12(18)9(6-14-15)5-11(16)17/h1-4,6,14H,5,7H2,(H,16,17). The van der Waals surface area contributed by atoms with Crippen LogP contribution in [0.3, 0.4) is 0 Å². The molecule has 1 aromatic heterocycles. The van der Waals surface area contributed by atoms with Crippen LogP contribution in [0.25, 0.3) is 0 Å². The fourth-order valence-electron chi connectivity index (χ4n) is 1.67. The van der Waals surface area contributed by atoms with Crippen molar-refractivity contribution in [1.82, 2.24) is 9.78 Å². The van der Waals surface area contributed by atoms with Crippen LogP contribution in [-0.4, -0.2) is 20.9 Å². The molecule has 5 nitrogen and oxygen atoms in total. The summed E-state index contributed by atoms with van der Waals surface area (Å²) >= 11 is 3.36. The lowest BCUT2D eigenvalue weighted by atomic mass is 10.2. The van der Waals surface area contributed by atoms with Gasteiger partial charge in [-0.25, -0.2) is 4.68 Å². The number of aromatic nitrogens is 2. The Labute approximate surface area is 111 Å². The number of carboxylic acid groups (broad SMARTS) is 1. The number of carboxylic acids is 1. The Hall–Kier alpha value is -1.82. The van der Waals surface area contributed by atoms with Crippen LogP contribution in [0, 0.1) is 0 Å². The van der Waals surface area contributed by atoms with Crippen LogP contribution < -0.4 is 5.56 Å². The van der Waals surface area contributed by atoms with Gasteiger partial charge in [-0.2, -0.15) is 0 Å². The fraction of sp³-hybridized carbons (Fsp3) is 0.167. The minimum atomic E-state index is -1.01. The van der Waals surface area contributed by atoms with Crippen LogP contribution in [0.1, 0.15) is 11.1 Å². The third-order valence-corrected chi connectivity index (χ3v) is 2.98. The average molecular weight is 311 g/mol. The van der Waals surface area contributed by atoms with Crippen molar-refractivity contribution in [2.75, 3.05) is 0 Å². The molecule has 94 valence electrons. The Balaban J connectivity index is 2.23. The van der Waals surface area contributed by atoms with Crippen LogP contribution in [0.4, 0.5) is 0 Å². The molecule has 0 aliphatic carbocycles. The molecule has 1 aromatic carbocycles. The van der Waals surface area contributed by atoms with E-state index in [1.807, 2.05) is 24.3 Å². The van der Waals surface area contributed by atoms with Crippen molar-refractivity contribution in [2.45, 2.75) is 13.0 Å². The predicted octanol–water partition coefficient (Wildman–Crippen LogP) is 1.61. The molecule has 0 atom stereocenters. The molecule has 0 aliphatic rings. The second-order valence-corrected chi connectivity index (χ2v) is 4.81. The van der Waals surface area contributed by atoms with E-state index in [9.17, 15) is 9.59 Å². The summed E-state index contributed by atoms with van der Waals surface area (Å²) in [4.78, 5) is 22.4. The molecule has 2 aromatic rings. The first-order chi connectivity index (χ1) is 8.56. The van der Waals surface area contributed by atoms with Crippen LogP contribution in [-0.2, 0) is 17.8 Å². The normalized spacial score (nSPS) is 10.5. The number of nitrogens with zero attached hydrogens (tertiary/aromatic N) is 1. The number of H-pyrrole nitrogens is 1. The molecule has 0 saturated carbocycles. The molecule has 0 radical (unpaired) electrons. The quantitative estimate of drug-likeness (QED) is 0.901. The lowest BCUT2D eigenvalue weighted by molar-refractivity contribution is -0.136. The highest BCUT2D eigenvalue weighted by Gasteiger charge is 2.09. The lowest BCUT2D eigenvalue weighted by Crippen LogP contribution is -2.21. The molecule has 2 rings (SSSR count). The van der Waals surface area contributed by atoms with Gasteiger partial charge in [-0.3, -0.25) is 9.59 Å². The summed E-state index contributed by atoms with van der Waals surface area (Å²) < 4.78 is 2.32. The molecule has 0 bridgehead atoms. The third kappa shape index (κ3) is 2.89. The molecule has 6 heteroatoms. The number of nitrogens with one attached hydrogen (secondary N) is 1. The first-order valence-electron chi connectivity index (χ1n) is 5.29. The van der Waals surface area contributed by atoms with Crippen molar-refractivity contribution in [2.24, 2.45) is 0 Å². The van der Waals surface area contributed by atoms with Gasteiger partial charge in [0.25, 0.3) is 5.56 Å². The van der Waals surface area contributed by atoms with Gasteiger partial charge in [0, 0.05) is 16.2 Å². The molecular formula is C12H11BrN2O3. The average Bonchev–Trinajstić information content (AvgIpc) is 2.61. The van der Waals surface area contributed by atoms with Gasteiger partial charge in [-0.1, -0.05) is 28.1 Å². The number of halogens is 1. The zero-order valence-corrected chi connectivity index (χ0v) is 11.0. The van der Waals surface area contributed by atoms with Gasteiger partial charge in [0.1, 0.15) is 0 Å². The summed E-state index contributed by atoms with van der Waals surface area (Å²) in [6, 6.07) is 7.58. The van der Waals surface area contributed by atoms with Crippen molar-refractivity contribution in [3.63, 3.8) is 0 Å². The van der Waals surface area contributed by atoms with E-state index in [-0.39, 0.29) is 17.5 Å². The zero-order chi connectivity index (χ0) is 13.1. The van der Waals surface area contributed by atoms with Crippen LogP contribution in [0.2, 0.25) is 0 Å². The molecule has 18 heavy (non-hydrogen) atoms. The van der Waals surface area contributed by atoms with Crippen LogP contribution in [0.5, 0.6) is 0 Å². The number of aromatic amines is 1. The van der Waals surface area contributed by atoms with Gasteiger partial charge in [-0.15, -0.1) is 0 Å². The monoisotopic (exact) mass is 310 g/mol. The summed E-state index contributed by atoms with van der Waals surface area (Å²) in [5, 5.41) is 11.4. The maximum atomic E-state index is 11.9. The smallest absolute Gasteiger partial charge is 0.308 e. The second kappa shape index (κ2) is 5.22. The number of hydrogen-bond acceptors (Lipinski definition) is 2. The number of carbonyl (C=O) groups is 1. The molecule has 0 spiro atoms. The van der Waals surface area contributed by atoms with Crippen LogP contribution >= 0.6 is 15.9 Å². The molecule has 0 saturated heterocycles. The molecule has 0 fully saturated rings. The van der Waals surface area contributed by atoms with Gasteiger partial charge >= 0.3 is 5.97 Å². The van der Waals surface area contributed by atoms with E-state index >= 15 is 0 Å². The van der Waals surface area contributed by atoms with Gasteiger partial charge in [0.2, 0.25) is 0 Å². The summed E-state index contributed by atoms with van der Waals surface area (Å²) in [7, 11) is 0. The molecule has 2 N–H and O–H groups in total. The predicted molar refractivity (Wildman–Crippen MR) is 69.6 cm³/mol. The highest BCUT2D eigenvalue weighted by molar-refractivity contribution is 9.10. The van der Waals surface area contributed by atoms with Crippen molar-refractivity contribution in [3.8, 4) is 0 Å². The summed E-state index contributed by atoms with van der Waals surface area (Å²) in [5.74, 6) is -1.01. The summed E-state index contributed by atoms with van der Waals surface area (Å²) in [6.07, 6.45) is 1.18. The van der Waals surface area contributed by atoms with Gasteiger partial charge in [-0.05, 0) is 17.7 Å². The number of rotatable bonds is 4. The van der Waals surface area contributed by atoms with E-state index in [0.29, 0.717) is 6.54 Å². The number of aliphatic carboxylic acids is 1. The Morgan fingerprint density at radius 3 is 2.89 bits per heavy atom. The van der Waals surface area contributed by atoms with E-state index in [1.165, 1.54) is 10.9 Å². The van der Waals surface area contributed by atoms with E-state index in [4.69, 9.17) is 5.11 Å². The van der Waals surface area contributed by atoms with E-state index in [1.54, 1.807) is 0 Å². The van der Waals surface area contributed by atoms with E-state index in [2.05, 4.69) is 21.0 Å². The number of hydrogen-bond donors (Lipinski definition) is 2. The van der Waals surface area contributed by atoms with Crippen molar-refractivity contribution in [3.05, 3.63) is 56.4 Å². The zero-order valence-electron chi connectivity index (χ0n) is 9.39. The second-order valence-electron chi connectivity index (χ2n) is 3.89. The molecule has 0 unspecified atom stereocenters. The largest absolute Gasteiger partial charge is 0.481 e. The Bertz CT molecular complexity index is 630. The molecule has 0 amide bonds. The highest BCUT2D eigenvalue weighted by Crippen LogP contribution is 2.12. The first kappa shape index (κ1) is 12.6. The van der Waals surface area contributed by atoms with Crippen molar-refractivity contribution < 1.29 is 9.90 Å². The maximum Gasteiger partial charge on any atom is 0.308 e. The minimum absolute atomic E-state index is 0.262. The highest BCUT2D eigenvalue weighted by atomic mass is 79.9. The maximum absolute atomic E-state index is 11.9. The van der Waals surface area contributed by atoms with Crippen molar-refractivity contribution in [1.29, 1.82) is 0 Å². The summed E-state index contributed by atoms with van der Waals surface area (Å²) in [6.45, 7) is 0.387. The van der Waals surface area contributed by atoms with Gasteiger partial charge < -0.3 is 10.2 Å². The molecular weight excluding hydrogens is 300 g/mol.